The van der Waals surface area contributed by atoms with Crippen molar-refractivity contribution in [1.82, 2.24) is 0 Å². The average molecular weight is 377 g/mol. The molecule has 0 aromatic heterocycles. The lowest BCUT2D eigenvalue weighted by molar-refractivity contribution is 0.103. The van der Waals surface area contributed by atoms with E-state index >= 15 is 0 Å². The van der Waals surface area contributed by atoms with Gasteiger partial charge in [0.25, 0.3) is 0 Å². The van der Waals surface area contributed by atoms with Crippen molar-refractivity contribution < 1.29 is 4.79 Å². The van der Waals surface area contributed by atoms with Gasteiger partial charge in [-0.1, -0.05) is 11.8 Å². The molecule has 0 aliphatic rings. The summed E-state index contributed by atoms with van der Waals surface area (Å²) >= 11 is 1.69. The van der Waals surface area contributed by atoms with E-state index in [9.17, 15) is 4.79 Å². The van der Waals surface area contributed by atoms with E-state index in [2.05, 4.69) is 29.2 Å². The van der Waals surface area contributed by atoms with Crippen molar-refractivity contribution in [3.05, 3.63) is 83.9 Å². The number of ketones is 1. The third-order valence-electron chi connectivity index (χ3n) is 4.35. The highest BCUT2D eigenvalue weighted by molar-refractivity contribution is 7.99. The highest BCUT2D eigenvalue weighted by atomic mass is 32.2. The van der Waals surface area contributed by atoms with Crippen LogP contribution in [-0.2, 0) is 0 Å². The first-order chi connectivity index (χ1) is 12.9. The Morgan fingerprint density at radius 3 is 1.33 bits per heavy atom. The van der Waals surface area contributed by atoms with Crippen molar-refractivity contribution in [3.63, 3.8) is 0 Å². The van der Waals surface area contributed by atoms with Crippen LogP contribution < -0.4 is 9.80 Å². The Labute approximate surface area is 165 Å². The molecule has 0 aliphatic carbocycles. The largest absolute Gasteiger partial charge is 0.378 e. The van der Waals surface area contributed by atoms with E-state index in [1.165, 1.54) is 10.6 Å². The van der Waals surface area contributed by atoms with E-state index in [0.29, 0.717) is 11.1 Å². The van der Waals surface area contributed by atoms with Crippen molar-refractivity contribution in [2.75, 3.05) is 38.0 Å². The monoisotopic (exact) mass is 376 g/mol. The molecule has 138 valence electrons. The minimum Gasteiger partial charge on any atom is -0.378 e. The standard InChI is InChI=1S/C23H24N2OS/c1-24(2)19-9-5-17(6-10-19)23(26)18-7-13-21(14-8-18)27-22-15-11-20(12-16-22)25(3)4/h5-16H,1-4H3. The lowest BCUT2D eigenvalue weighted by Gasteiger charge is -2.13. The molecule has 0 bridgehead atoms. The summed E-state index contributed by atoms with van der Waals surface area (Å²) in [5, 5.41) is 0. The number of hydrogen-bond donors (Lipinski definition) is 0. The van der Waals surface area contributed by atoms with Crippen LogP contribution in [0.15, 0.2) is 82.6 Å². The molecule has 0 unspecified atom stereocenters. The third kappa shape index (κ3) is 4.72. The topological polar surface area (TPSA) is 23.6 Å². The van der Waals surface area contributed by atoms with Gasteiger partial charge in [-0.15, -0.1) is 0 Å². The molecule has 3 aromatic carbocycles. The first kappa shape index (κ1) is 19.1. The first-order valence-corrected chi connectivity index (χ1v) is 9.63. The molecule has 0 fully saturated rings. The molecule has 4 heteroatoms. The van der Waals surface area contributed by atoms with Gasteiger partial charge in [0.2, 0.25) is 0 Å². The van der Waals surface area contributed by atoms with Gasteiger partial charge < -0.3 is 9.80 Å². The Balaban J connectivity index is 1.69. The molecule has 0 spiro atoms. The Bertz CT molecular complexity index is 899. The fraction of sp³-hybridized carbons (Fsp3) is 0.174. The maximum absolute atomic E-state index is 12.7. The van der Waals surface area contributed by atoms with Crippen LogP contribution in [-0.4, -0.2) is 34.0 Å². The fourth-order valence-corrected chi connectivity index (χ4v) is 3.52. The average Bonchev–Trinajstić information content (AvgIpc) is 2.68. The van der Waals surface area contributed by atoms with E-state index in [4.69, 9.17) is 0 Å². The Kier molecular flexibility index (Phi) is 5.87. The fourth-order valence-electron chi connectivity index (χ4n) is 2.70. The summed E-state index contributed by atoms with van der Waals surface area (Å²) in [5.74, 6) is 0.0483. The summed E-state index contributed by atoms with van der Waals surface area (Å²) in [6.07, 6.45) is 0. The molecular weight excluding hydrogens is 352 g/mol. The Hall–Kier alpha value is -2.72. The van der Waals surface area contributed by atoms with E-state index in [1.54, 1.807) is 11.8 Å². The van der Waals surface area contributed by atoms with Crippen molar-refractivity contribution in [1.29, 1.82) is 0 Å². The number of nitrogens with zero attached hydrogens (tertiary/aromatic N) is 2. The number of carbonyl (C=O) groups is 1. The SMILES string of the molecule is CN(C)c1ccc(Sc2ccc(C(=O)c3ccc(N(C)C)cc3)cc2)cc1. The summed E-state index contributed by atoms with van der Waals surface area (Å²) in [5.41, 5.74) is 3.68. The van der Waals surface area contributed by atoms with Crippen LogP contribution in [0.1, 0.15) is 15.9 Å². The molecule has 27 heavy (non-hydrogen) atoms. The molecule has 0 N–H and O–H groups in total. The first-order valence-electron chi connectivity index (χ1n) is 8.81. The summed E-state index contributed by atoms with van der Waals surface area (Å²) in [6.45, 7) is 0. The zero-order valence-electron chi connectivity index (χ0n) is 16.1. The van der Waals surface area contributed by atoms with Gasteiger partial charge in [-0.05, 0) is 72.8 Å². The Morgan fingerprint density at radius 2 is 0.926 bits per heavy atom. The molecule has 0 saturated heterocycles. The van der Waals surface area contributed by atoms with Gasteiger partial charge in [-0.25, -0.2) is 0 Å². The summed E-state index contributed by atoms with van der Waals surface area (Å²) < 4.78 is 0. The number of anilines is 2. The van der Waals surface area contributed by atoms with Gasteiger partial charge in [-0.3, -0.25) is 4.79 Å². The normalized spacial score (nSPS) is 10.5. The maximum Gasteiger partial charge on any atom is 0.193 e. The van der Waals surface area contributed by atoms with Crippen LogP contribution in [0.25, 0.3) is 0 Å². The van der Waals surface area contributed by atoms with Gasteiger partial charge >= 0.3 is 0 Å². The number of rotatable bonds is 6. The number of carbonyl (C=O) groups excluding carboxylic acids is 1. The van der Waals surface area contributed by atoms with Gasteiger partial charge in [0.05, 0.1) is 0 Å². The second kappa shape index (κ2) is 8.31. The van der Waals surface area contributed by atoms with Gasteiger partial charge in [0, 0.05) is 60.5 Å². The predicted octanol–water partition coefficient (Wildman–Crippen LogP) is 5.20. The van der Waals surface area contributed by atoms with Crippen LogP contribution in [0.4, 0.5) is 11.4 Å². The van der Waals surface area contributed by atoms with Crippen LogP contribution >= 0.6 is 11.8 Å². The molecule has 3 rings (SSSR count). The molecular formula is C23H24N2OS. The second-order valence-corrected chi connectivity index (χ2v) is 7.93. The van der Waals surface area contributed by atoms with E-state index < -0.39 is 0 Å². The maximum atomic E-state index is 12.7. The molecule has 0 atom stereocenters. The van der Waals surface area contributed by atoms with E-state index in [0.717, 1.165) is 10.6 Å². The Morgan fingerprint density at radius 1 is 0.593 bits per heavy atom. The quantitative estimate of drug-likeness (QED) is 0.552. The van der Waals surface area contributed by atoms with Crippen LogP contribution in [0.3, 0.4) is 0 Å². The predicted molar refractivity (Wildman–Crippen MR) is 116 cm³/mol. The van der Waals surface area contributed by atoms with E-state index in [1.807, 2.05) is 81.6 Å². The molecule has 0 heterocycles. The smallest absolute Gasteiger partial charge is 0.193 e. The lowest BCUT2D eigenvalue weighted by Crippen LogP contribution is -2.09. The van der Waals surface area contributed by atoms with Gasteiger partial charge in [0.1, 0.15) is 0 Å². The van der Waals surface area contributed by atoms with Crippen molar-refractivity contribution in [2.24, 2.45) is 0 Å². The van der Waals surface area contributed by atoms with Crippen molar-refractivity contribution >= 4 is 28.9 Å². The summed E-state index contributed by atoms with van der Waals surface area (Å²) in [4.78, 5) is 19.1. The van der Waals surface area contributed by atoms with Crippen LogP contribution in [0.5, 0.6) is 0 Å². The molecule has 0 saturated carbocycles. The van der Waals surface area contributed by atoms with Crippen LogP contribution in [0.2, 0.25) is 0 Å². The molecule has 0 radical (unpaired) electrons. The zero-order valence-corrected chi connectivity index (χ0v) is 17.0. The van der Waals surface area contributed by atoms with Crippen molar-refractivity contribution in [2.45, 2.75) is 9.79 Å². The van der Waals surface area contributed by atoms with Gasteiger partial charge in [-0.2, -0.15) is 0 Å². The minimum absolute atomic E-state index is 0.0483. The van der Waals surface area contributed by atoms with E-state index in [-0.39, 0.29) is 5.78 Å². The summed E-state index contributed by atoms with van der Waals surface area (Å²) in [7, 11) is 8.04. The molecule has 3 nitrogen and oxygen atoms in total. The van der Waals surface area contributed by atoms with Gasteiger partial charge in [0.15, 0.2) is 5.78 Å². The molecule has 0 aliphatic heterocycles. The third-order valence-corrected chi connectivity index (χ3v) is 5.37. The minimum atomic E-state index is 0.0483. The lowest BCUT2D eigenvalue weighted by atomic mass is 10.0. The van der Waals surface area contributed by atoms with Crippen LogP contribution in [0, 0.1) is 0 Å². The number of benzene rings is 3. The highest BCUT2D eigenvalue weighted by Crippen LogP contribution is 2.29. The number of hydrogen-bond acceptors (Lipinski definition) is 4. The second-order valence-electron chi connectivity index (χ2n) is 6.79. The van der Waals surface area contributed by atoms with Crippen molar-refractivity contribution in [3.8, 4) is 0 Å². The molecule has 0 amide bonds. The molecule has 3 aromatic rings. The summed E-state index contributed by atoms with van der Waals surface area (Å²) in [6, 6.07) is 24.0. The zero-order chi connectivity index (χ0) is 19.4. The highest BCUT2D eigenvalue weighted by Gasteiger charge is 2.09.